The fourth-order valence-corrected chi connectivity index (χ4v) is 3.77. The van der Waals surface area contributed by atoms with Gasteiger partial charge in [-0.05, 0) is 50.5 Å². The van der Waals surface area contributed by atoms with Gasteiger partial charge >= 0.3 is 5.97 Å². The average molecular weight is 373 g/mol. The topological polar surface area (TPSA) is 75.4 Å². The van der Waals surface area contributed by atoms with E-state index in [1.54, 1.807) is 21.7 Å². The van der Waals surface area contributed by atoms with Crippen LogP contribution in [0.4, 0.5) is 4.39 Å². The molecule has 2 heterocycles. The SMILES string of the molecule is Cc1nn(-c2ccc(F)cc2)c(C)c1CC(=O)N1CCC(C(=O)O)C(C)C1. The molecule has 1 amide bonds. The third-order valence-electron chi connectivity index (χ3n) is 5.42. The minimum Gasteiger partial charge on any atom is -0.481 e. The van der Waals surface area contributed by atoms with Crippen LogP contribution in [-0.4, -0.2) is 44.8 Å². The number of benzene rings is 1. The highest BCUT2D eigenvalue weighted by Crippen LogP contribution is 2.25. The van der Waals surface area contributed by atoms with Crippen molar-refractivity contribution in [3.8, 4) is 5.69 Å². The molecule has 2 aromatic rings. The lowest BCUT2D eigenvalue weighted by atomic mass is 9.87. The Morgan fingerprint density at radius 3 is 2.52 bits per heavy atom. The highest BCUT2D eigenvalue weighted by atomic mass is 19.1. The molecule has 1 saturated heterocycles. The van der Waals surface area contributed by atoms with Gasteiger partial charge < -0.3 is 10.0 Å². The Balaban J connectivity index is 1.75. The summed E-state index contributed by atoms with van der Waals surface area (Å²) in [5, 5.41) is 13.7. The number of carboxylic acid groups (broad SMARTS) is 1. The maximum absolute atomic E-state index is 13.2. The van der Waals surface area contributed by atoms with E-state index in [1.165, 1.54) is 12.1 Å². The first kappa shape index (κ1) is 19.1. The number of hydrogen-bond acceptors (Lipinski definition) is 3. The van der Waals surface area contributed by atoms with Gasteiger partial charge in [-0.25, -0.2) is 9.07 Å². The number of carbonyl (C=O) groups excluding carboxylic acids is 1. The van der Waals surface area contributed by atoms with Crippen LogP contribution in [0.3, 0.4) is 0 Å². The third kappa shape index (κ3) is 3.86. The zero-order chi connectivity index (χ0) is 19.7. The Labute approximate surface area is 157 Å². The quantitative estimate of drug-likeness (QED) is 0.894. The van der Waals surface area contributed by atoms with Crippen LogP contribution in [0.25, 0.3) is 5.69 Å². The van der Waals surface area contributed by atoms with Gasteiger partial charge in [0.2, 0.25) is 5.91 Å². The maximum atomic E-state index is 13.2. The molecule has 0 radical (unpaired) electrons. The molecule has 2 unspecified atom stereocenters. The van der Waals surface area contributed by atoms with E-state index >= 15 is 0 Å². The van der Waals surface area contributed by atoms with Crippen LogP contribution >= 0.6 is 0 Å². The Morgan fingerprint density at radius 1 is 1.26 bits per heavy atom. The van der Waals surface area contributed by atoms with E-state index < -0.39 is 11.9 Å². The minimum atomic E-state index is -0.790. The number of likely N-dealkylation sites (tertiary alicyclic amines) is 1. The van der Waals surface area contributed by atoms with E-state index in [0.717, 1.165) is 22.6 Å². The molecule has 6 nitrogen and oxygen atoms in total. The smallest absolute Gasteiger partial charge is 0.306 e. The van der Waals surface area contributed by atoms with Crippen LogP contribution in [0, 0.1) is 31.5 Å². The lowest BCUT2D eigenvalue weighted by Gasteiger charge is -2.35. The number of hydrogen-bond donors (Lipinski definition) is 1. The van der Waals surface area contributed by atoms with E-state index in [-0.39, 0.29) is 24.1 Å². The molecule has 1 aromatic heterocycles. The highest BCUT2D eigenvalue weighted by molar-refractivity contribution is 5.80. The summed E-state index contributed by atoms with van der Waals surface area (Å²) >= 11 is 0. The highest BCUT2D eigenvalue weighted by Gasteiger charge is 2.33. The largest absolute Gasteiger partial charge is 0.481 e. The molecule has 2 atom stereocenters. The fourth-order valence-electron chi connectivity index (χ4n) is 3.77. The van der Waals surface area contributed by atoms with Gasteiger partial charge in [0.15, 0.2) is 0 Å². The molecule has 144 valence electrons. The number of carbonyl (C=O) groups is 2. The van der Waals surface area contributed by atoms with Gasteiger partial charge in [-0.1, -0.05) is 6.92 Å². The molecular formula is C20H24FN3O3. The number of aliphatic carboxylic acids is 1. The summed E-state index contributed by atoms with van der Waals surface area (Å²) < 4.78 is 14.9. The second-order valence-corrected chi connectivity index (χ2v) is 7.26. The van der Waals surface area contributed by atoms with E-state index in [1.807, 2.05) is 20.8 Å². The lowest BCUT2D eigenvalue weighted by molar-refractivity contribution is -0.148. The van der Waals surface area contributed by atoms with E-state index in [9.17, 15) is 19.1 Å². The molecule has 1 aliphatic heterocycles. The van der Waals surface area contributed by atoms with Gasteiger partial charge in [0, 0.05) is 24.3 Å². The maximum Gasteiger partial charge on any atom is 0.306 e. The summed E-state index contributed by atoms with van der Waals surface area (Å²) in [7, 11) is 0. The summed E-state index contributed by atoms with van der Waals surface area (Å²) in [6, 6.07) is 6.06. The van der Waals surface area contributed by atoms with Gasteiger partial charge in [0.25, 0.3) is 0 Å². The fraction of sp³-hybridized carbons (Fsp3) is 0.450. The number of nitrogens with zero attached hydrogens (tertiary/aromatic N) is 3. The number of halogens is 1. The minimum absolute atomic E-state index is 0.0180. The van der Waals surface area contributed by atoms with Crippen LogP contribution in [-0.2, 0) is 16.0 Å². The van der Waals surface area contributed by atoms with Crippen molar-refractivity contribution in [2.45, 2.75) is 33.6 Å². The zero-order valence-corrected chi connectivity index (χ0v) is 15.8. The molecule has 3 rings (SSSR count). The monoisotopic (exact) mass is 373 g/mol. The number of aromatic nitrogens is 2. The molecule has 1 aliphatic rings. The van der Waals surface area contributed by atoms with Crippen molar-refractivity contribution < 1.29 is 19.1 Å². The Kier molecular flexibility index (Phi) is 5.30. The third-order valence-corrected chi connectivity index (χ3v) is 5.42. The Hall–Kier alpha value is -2.70. The molecule has 7 heteroatoms. The van der Waals surface area contributed by atoms with Crippen LogP contribution in [0.1, 0.15) is 30.3 Å². The standard InChI is InChI=1S/C20H24FN3O3/c1-12-11-23(9-8-17(12)20(26)27)19(25)10-18-13(2)22-24(14(18)3)16-6-4-15(21)5-7-16/h4-7,12,17H,8-11H2,1-3H3,(H,26,27). The van der Waals surface area contributed by atoms with Crippen molar-refractivity contribution in [2.75, 3.05) is 13.1 Å². The van der Waals surface area contributed by atoms with Crippen LogP contribution in [0.5, 0.6) is 0 Å². The first-order valence-electron chi connectivity index (χ1n) is 9.09. The van der Waals surface area contributed by atoms with Crippen molar-refractivity contribution in [1.82, 2.24) is 14.7 Å². The molecule has 27 heavy (non-hydrogen) atoms. The Morgan fingerprint density at radius 2 is 1.93 bits per heavy atom. The van der Waals surface area contributed by atoms with Gasteiger partial charge in [0.05, 0.1) is 23.7 Å². The molecule has 1 fully saturated rings. The average Bonchev–Trinajstić information content (AvgIpc) is 2.90. The first-order valence-corrected chi connectivity index (χ1v) is 9.09. The van der Waals surface area contributed by atoms with Gasteiger partial charge in [-0.3, -0.25) is 9.59 Å². The van der Waals surface area contributed by atoms with Crippen LogP contribution in [0.15, 0.2) is 24.3 Å². The molecule has 0 bridgehead atoms. The normalized spacial score (nSPS) is 19.9. The molecule has 1 N–H and O–H groups in total. The summed E-state index contributed by atoms with van der Waals surface area (Å²) in [5.41, 5.74) is 3.21. The number of aryl methyl sites for hydroxylation is 1. The first-order chi connectivity index (χ1) is 12.8. The molecule has 0 spiro atoms. The van der Waals surface area contributed by atoms with Gasteiger partial charge in [0.1, 0.15) is 5.82 Å². The van der Waals surface area contributed by atoms with Gasteiger partial charge in [-0.15, -0.1) is 0 Å². The number of rotatable bonds is 4. The number of amides is 1. The second-order valence-electron chi connectivity index (χ2n) is 7.26. The van der Waals surface area contributed by atoms with Crippen molar-refractivity contribution in [3.05, 3.63) is 47.0 Å². The van der Waals surface area contributed by atoms with Crippen molar-refractivity contribution in [3.63, 3.8) is 0 Å². The second kappa shape index (κ2) is 7.50. The Bertz CT molecular complexity index is 860. The van der Waals surface area contributed by atoms with Gasteiger partial charge in [-0.2, -0.15) is 5.10 Å². The van der Waals surface area contributed by atoms with Crippen molar-refractivity contribution >= 4 is 11.9 Å². The van der Waals surface area contributed by atoms with Crippen LogP contribution < -0.4 is 0 Å². The summed E-state index contributed by atoms with van der Waals surface area (Å²) in [5.74, 6) is -1.57. The lowest BCUT2D eigenvalue weighted by Crippen LogP contribution is -2.45. The van der Waals surface area contributed by atoms with Crippen molar-refractivity contribution in [1.29, 1.82) is 0 Å². The van der Waals surface area contributed by atoms with E-state index in [4.69, 9.17) is 0 Å². The predicted octanol–water partition coefficient (Wildman–Crippen LogP) is 2.74. The van der Waals surface area contributed by atoms with E-state index in [0.29, 0.717) is 19.5 Å². The molecular weight excluding hydrogens is 349 g/mol. The van der Waals surface area contributed by atoms with E-state index in [2.05, 4.69) is 5.10 Å². The summed E-state index contributed by atoms with van der Waals surface area (Å²) in [6.07, 6.45) is 0.707. The predicted molar refractivity (Wildman–Crippen MR) is 98.2 cm³/mol. The summed E-state index contributed by atoms with van der Waals surface area (Å²) in [6.45, 7) is 6.55. The summed E-state index contributed by atoms with van der Waals surface area (Å²) in [4.78, 5) is 25.8. The zero-order valence-electron chi connectivity index (χ0n) is 15.8. The molecule has 0 aliphatic carbocycles. The van der Waals surface area contributed by atoms with Crippen molar-refractivity contribution in [2.24, 2.45) is 11.8 Å². The molecule has 1 aromatic carbocycles. The van der Waals surface area contributed by atoms with Crippen LogP contribution in [0.2, 0.25) is 0 Å². The number of carboxylic acids is 1. The molecule has 0 saturated carbocycles. The number of piperidine rings is 1.